The van der Waals surface area contributed by atoms with Crippen molar-refractivity contribution in [2.75, 3.05) is 0 Å². The Balaban J connectivity index is 2.19. The number of halogens is 1. The van der Waals surface area contributed by atoms with Crippen LogP contribution in [0.3, 0.4) is 0 Å². The van der Waals surface area contributed by atoms with E-state index in [1.165, 1.54) is 0 Å². The monoisotopic (exact) mass is 231 g/mol. The standard InChI is InChI=1S/C12H10ClN3/c13-12(6-1-2-8-15-12)16-9-5-10-4-3-7-14-11(10)16/h1-9,15H. The third kappa shape index (κ3) is 1.32. The Labute approximate surface area is 98.0 Å². The molecular weight excluding hydrogens is 222 g/mol. The molecule has 3 rings (SSSR count). The largest absolute Gasteiger partial charge is 0.353 e. The van der Waals surface area contributed by atoms with E-state index in [4.69, 9.17) is 11.6 Å². The van der Waals surface area contributed by atoms with Gasteiger partial charge in [-0.15, -0.1) is 0 Å². The molecule has 2 aromatic rings. The first-order valence-corrected chi connectivity index (χ1v) is 5.41. The first kappa shape index (κ1) is 9.48. The number of aromatic nitrogens is 2. The minimum absolute atomic E-state index is 0.759. The summed E-state index contributed by atoms with van der Waals surface area (Å²) >= 11 is 6.49. The van der Waals surface area contributed by atoms with Crippen molar-refractivity contribution in [3.05, 3.63) is 55.0 Å². The summed E-state index contributed by atoms with van der Waals surface area (Å²) in [6.07, 6.45) is 11.2. The van der Waals surface area contributed by atoms with Gasteiger partial charge in [-0.05, 0) is 36.6 Å². The van der Waals surface area contributed by atoms with Crippen molar-refractivity contribution < 1.29 is 0 Å². The van der Waals surface area contributed by atoms with Gasteiger partial charge in [-0.3, -0.25) is 4.57 Å². The second-order valence-electron chi connectivity index (χ2n) is 3.64. The van der Waals surface area contributed by atoms with Crippen molar-refractivity contribution in [1.29, 1.82) is 0 Å². The molecule has 0 amide bonds. The van der Waals surface area contributed by atoms with E-state index in [1.54, 1.807) is 6.20 Å². The van der Waals surface area contributed by atoms with Gasteiger partial charge in [0.05, 0.1) is 0 Å². The summed E-state index contributed by atoms with van der Waals surface area (Å²) in [6, 6.07) is 5.93. The summed E-state index contributed by atoms with van der Waals surface area (Å²) in [5, 5.41) is 3.43. The van der Waals surface area contributed by atoms with E-state index in [0.29, 0.717) is 0 Å². The molecule has 2 aromatic heterocycles. The van der Waals surface area contributed by atoms with Gasteiger partial charge in [-0.2, -0.15) is 0 Å². The van der Waals surface area contributed by atoms with Crippen LogP contribution in [0.25, 0.3) is 11.0 Å². The molecule has 0 saturated carbocycles. The average molecular weight is 232 g/mol. The molecule has 80 valence electrons. The SMILES string of the molecule is ClC1(n2ccc3cccnc32)C=CC=CN1. The van der Waals surface area contributed by atoms with E-state index < -0.39 is 5.12 Å². The molecule has 0 aliphatic carbocycles. The van der Waals surface area contributed by atoms with Gasteiger partial charge < -0.3 is 5.32 Å². The van der Waals surface area contributed by atoms with Crippen molar-refractivity contribution in [3.8, 4) is 0 Å². The van der Waals surface area contributed by atoms with Gasteiger partial charge in [0.25, 0.3) is 0 Å². The summed E-state index contributed by atoms with van der Waals surface area (Å²) in [5.74, 6) is 0. The molecule has 0 aromatic carbocycles. The lowest BCUT2D eigenvalue weighted by molar-refractivity contribution is 0.487. The van der Waals surface area contributed by atoms with Crippen molar-refractivity contribution in [1.82, 2.24) is 14.9 Å². The predicted octanol–water partition coefficient (Wildman–Crippen LogP) is 2.56. The Morgan fingerprint density at radius 2 is 2.25 bits per heavy atom. The van der Waals surface area contributed by atoms with Crippen LogP contribution in [-0.2, 0) is 5.12 Å². The number of dihydropyridines is 1. The molecular formula is C12H10ClN3. The highest BCUT2D eigenvalue weighted by atomic mass is 35.5. The Kier molecular flexibility index (Phi) is 2.01. The second kappa shape index (κ2) is 3.39. The molecule has 1 unspecified atom stereocenters. The first-order valence-electron chi connectivity index (χ1n) is 5.03. The molecule has 1 N–H and O–H groups in total. The lowest BCUT2D eigenvalue weighted by Crippen LogP contribution is -2.38. The third-order valence-corrected chi connectivity index (χ3v) is 3.03. The fourth-order valence-corrected chi connectivity index (χ4v) is 2.10. The molecule has 3 heterocycles. The van der Waals surface area contributed by atoms with Gasteiger partial charge in [0.1, 0.15) is 5.65 Å². The molecule has 1 atom stereocenters. The fraction of sp³-hybridized carbons (Fsp3) is 0.0833. The zero-order valence-electron chi connectivity index (χ0n) is 8.47. The van der Waals surface area contributed by atoms with Crippen LogP contribution in [0.5, 0.6) is 0 Å². The molecule has 0 spiro atoms. The van der Waals surface area contributed by atoms with Crippen LogP contribution < -0.4 is 5.32 Å². The molecule has 1 aliphatic rings. The Bertz CT molecular complexity index is 585. The number of alkyl halides is 1. The number of nitrogens with zero attached hydrogens (tertiary/aromatic N) is 2. The number of hydrogen-bond acceptors (Lipinski definition) is 2. The maximum atomic E-state index is 6.49. The Morgan fingerprint density at radius 1 is 1.31 bits per heavy atom. The van der Waals surface area contributed by atoms with Crippen molar-refractivity contribution in [2.24, 2.45) is 0 Å². The van der Waals surface area contributed by atoms with E-state index >= 15 is 0 Å². The van der Waals surface area contributed by atoms with Gasteiger partial charge in [0.2, 0.25) is 5.12 Å². The van der Waals surface area contributed by atoms with Gasteiger partial charge in [0.15, 0.2) is 0 Å². The number of pyridine rings is 1. The molecule has 3 nitrogen and oxygen atoms in total. The van der Waals surface area contributed by atoms with Crippen LogP contribution in [0, 0.1) is 0 Å². The van der Waals surface area contributed by atoms with E-state index in [9.17, 15) is 0 Å². The maximum Gasteiger partial charge on any atom is 0.213 e. The number of fused-ring (bicyclic) bond motifs is 1. The quantitative estimate of drug-likeness (QED) is 0.604. The molecule has 16 heavy (non-hydrogen) atoms. The Morgan fingerprint density at radius 3 is 3.06 bits per heavy atom. The van der Waals surface area contributed by atoms with Crippen molar-refractivity contribution >= 4 is 22.6 Å². The topological polar surface area (TPSA) is 29.9 Å². The highest BCUT2D eigenvalue weighted by Gasteiger charge is 2.27. The number of hydrogen-bond donors (Lipinski definition) is 1. The summed E-state index contributed by atoms with van der Waals surface area (Å²) < 4.78 is 1.91. The van der Waals surface area contributed by atoms with Crippen LogP contribution in [0.4, 0.5) is 0 Å². The van der Waals surface area contributed by atoms with Crippen LogP contribution >= 0.6 is 11.6 Å². The van der Waals surface area contributed by atoms with E-state index in [0.717, 1.165) is 11.0 Å². The van der Waals surface area contributed by atoms with Gasteiger partial charge in [-0.1, -0.05) is 17.7 Å². The molecule has 0 bridgehead atoms. The number of nitrogens with one attached hydrogen (secondary N) is 1. The molecule has 0 fully saturated rings. The van der Waals surface area contributed by atoms with Gasteiger partial charge >= 0.3 is 0 Å². The average Bonchev–Trinajstić information content (AvgIpc) is 2.74. The molecule has 0 saturated heterocycles. The summed E-state index contributed by atoms with van der Waals surface area (Å²) in [7, 11) is 0. The van der Waals surface area contributed by atoms with E-state index in [1.807, 2.05) is 53.4 Å². The van der Waals surface area contributed by atoms with Crippen molar-refractivity contribution in [2.45, 2.75) is 5.12 Å². The second-order valence-corrected chi connectivity index (χ2v) is 4.21. The van der Waals surface area contributed by atoms with E-state index in [2.05, 4.69) is 10.3 Å². The minimum atomic E-state index is -0.759. The highest BCUT2D eigenvalue weighted by molar-refractivity contribution is 6.23. The summed E-state index contributed by atoms with van der Waals surface area (Å²) in [6.45, 7) is 0. The maximum absolute atomic E-state index is 6.49. The van der Waals surface area contributed by atoms with Gasteiger partial charge in [0, 0.05) is 17.8 Å². The molecule has 4 heteroatoms. The third-order valence-electron chi connectivity index (χ3n) is 2.61. The number of rotatable bonds is 1. The predicted molar refractivity (Wildman–Crippen MR) is 65.0 cm³/mol. The normalized spacial score (nSPS) is 23.6. The zero-order valence-corrected chi connectivity index (χ0v) is 9.22. The molecule has 1 aliphatic heterocycles. The Hall–Kier alpha value is -1.74. The lowest BCUT2D eigenvalue weighted by Gasteiger charge is -2.28. The van der Waals surface area contributed by atoms with Gasteiger partial charge in [-0.25, -0.2) is 4.98 Å². The lowest BCUT2D eigenvalue weighted by atomic mass is 10.3. The summed E-state index contributed by atoms with van der Waals surface area (Å²) in [4.78, 5) is 4.34. The molecule has 0 radical (unpaired) electrons. The van der Waals surface area contributed by atoms with Crippen LogP contribution in [-0.4, -0.2) is 9.55 Å². The fourth-order valence-electron chi connectivity index (χ4n) is 1.83. The van der Waals surface area contributed by atoms with Crippen molar-refractivity contribution in [3.63, 3.8) is 0 Å². The first-order chi connectivity index (χ1) is 7.80. The van der Waals surface area contributed by atoms with E-state index in [-0.39, 0.29) is 0 Å². The minimum Gasteiger partial charge on any atom is -0.353 e. The number of allylic oxidation sites excluding steroid dienone is 2. The summed E-state index contributed by atoms with van der Waals surface area (Å²) in [5.41, 5.74) is 0.866. The van der Waals surface area contributed by atoms with Crippen LogP contribution in [0.15, 0.2) is 55.0 Å². The smallest absolute Gasteiger partial charge is 0.213 e. The van der Waals surface area contributed by atoms with Crippen LogP contribution in [0.1, 0.15) is 0 Å². The zero-order chi connectivity index (χ0) is 11.0. The van der Waals surface area contributed by atoms with Crippen LogP contribution in [0.2, 0.25) is 0 Å². The highest BCUT2D eigenvalue weighted by Crippen LogP contribution is 2.27.